The standard InChI is InChI=1S/C7H12O2/c8-6-3-1-5-2-4-7(6)9-5/h5-8H,1-4H2/t5-,6?,7+/m1/s1. The highest BCUT2D eigenvalue weighted by molar-refractivity contribution is 4.85. The van der Waals surface area contributed by atoms with E-state index in [2.05, 4.69) is 0 Å². The quantitative estimate of drug-likeness (QED) is 0.520. The molecule has 0 radical (unpaired) electrons. The molecule has 0 aromatic rings. The Morgan fingerprint density at radius 1 is 1.11 bits per heavy atom. The van der Waals surface area contributed by atoms with Gasteiger partial charge in [0, 0.05) is 0 Å². The lowest BCUT2D eigenvalue weighted by Crippen LogP contribution is -2.31. The lowest BCUT2D eigenvalue weighted by Gasteiger charge is -2.24. The van der Waals surface area contributed by atoms with Gasteiger partial charge in [0.25, 0.3) is 0 Å². The topological polar surface area (TPSA) is 29.5 Å². The summed E-state index contributed by atoms with van der Waals surface area (Å²) in [7, 11) is 0. The number of rotatable bonds is 0. The largest absolute Gasteiger partial charge is 0.390 e. The van der Waals surface area contributed by atoms with E-state index in [1.165, 1.54) is 6.42 Å². The van der Waals surface area contributed by atoms with Crippen molar-refractivity contribution >= 4 is 0 Å². The molecule has 2 fully saturated rings. The SMILES string of the molecule is OC1CC[C@@H]2CC[C@@H]1O2. The van der Waals surface area contributed by atoms with Crippen LogP contribution in [0.5, 0.6) is 0 Å². The van der Waals surface area contributed by atoms with Gasteiger partial charge in [-0.3, -0.25) is 0 Å². The molecule has 2 heteroatoms. The highest BCUT2D eigenvalue weighted by Crippen LogP contribution is 2.32. The molecule has 0 aliphatic carbocycles. The smallest absolute Gasteiger partial charge is 0.0838 e. The molecule has 2 bridgehead atoms. The second-order valence-electron chi connectivity index (χ2n) is 3.02. The van der Waals surface area contributed by atoms with Crippen molar-refractivity contribution < 1.29 is 9.84 Å². The molecule has 0 amide bonds. The number of ether oxygens (including phenoxy) is 1. The van der Waals surface area contributed by atoms with E-state index in [9.17, 15) is 5.11 Å². The Balaban J connectivity index is 2.05. The predicted octanol–water partition coefficient (Wildman–Crippen LogP) is 0.689. The lowest BCUT2D eigenvalue weighted by atomic mass is 10.1. The Labute approximate surface area is 54.8 Å². The van der Waals surface area contributed by atoms with E-state index in [1.807, 2.05) is 0 Å². The van der Waals surface area contributed by atoms with E-state index >= 15 is 0 Å². The fourth-order valence-electron chi connectivity index (χ4n) is 1.77. The first-order valence-corrected chi connectivity index (χ1v) is 3.70. The van der Waals surface area contributed by atoms with Crippen molar-refractivity contribution in [3.05, 3.63) is 0 Å². The van der Waals surface area contributed by atoms with Gasteiger partial charge in [-0.2, -0.15) is 0 Å². The van der Waals surface area contributed by atoms with Crippen LogP contribution in [0.3, 0.4) is 0 Å². The highest BCUT2D eigenvalue weighted by Gasteiger charge is 2.35. The van der Waals surface area contributed by atoms with Gasteiger partial charge in [0.05, 0.1) is 18.3 Å². The Morgan fingerprint density at radius 2 is 1.89 bits per heavy atom. The molecule has 2 saturated heterocycles. The fraction of sp³-hybridized carbons (Fsp3) is 1.00. The van der Waals surface area contributed by atoms with E-state index in [0.29, 0.717) is 6.10 Å². The molecule has 2 aliphatic rings. The van der Waals surface area contributed by atoms with E-state index in [1.54, 1.807) is 0 Å². The van der Waals surface area contributed by atoms with Gasteiger partial charge in [0.1, 0.15) is 0 Å². The van der Waals surface area contributed by atoms with Crippen LogP contribution in [0.15, 0.2) is 0 Å². The summed E-state index contributed by atoms with van der Waals surface area (Å²) in [4.78, 5) is 0. The van der Waals surface area contributed by atoms with Crippen molar-refractivity contribution in [2.24, 2.45) is 0 Å². The zero-order valence-corrected chi connectivity index (χ0v) is 5.42. The van der Waals surface area contributed by atoms with Crippen molar-refractivity contribution in [1.82, 2.24) is 0 Å². The fourth-order valence-corrected chi connectivity index (χ4v) is 1.77. The number of aliphatic hydroxyl groups is 1. The van der Waals surface area contributed by atoms with Gasteiger partial charge in [0.2, 0.25) is 0 Å². The maximum Gasteiger partial charge on any atom is 0.0838 e. The Kier molecular flexibility index (Phi) is 1.24. The molecule has 0 saturated carbocycles. The predicted molar refractivity (Wildman–Crippen MR) is 33.1 cm³/mol. The Hall–Kier alpha value is -0.0800. The molecule has 2 aliphatic heterocycles. The van der Waals surface area contributed by atoms with Crippen molar-refractivity contribution in [2.75, 3.05) is 0 Å². The number of fused-ring (bicyclic) bond motifs is 2. The van der Waals surface area contributed by atoms with E-state index in [4.69, 9.17) is 4.74 Å². The molecule has 0 aromatic carbocycles. The average Bonchev–Trinajstić information content (AvgIpc) is 2.25. The zero-order chi connectivity index (χ0) is 6.27. The van der Waals surface area contributed by atoms with Gasteiger partial charge in [-0.25, -0.2) is 0 Å². The molecular weight excluding hydrogens is 116 g/mol. The molecular formula is C7H12O2. The first-order chi connectivity index (χ1) is 4.36. The van der Waals surface area contributed by atoms with Crippen LogP contribution in [0, 0.1) is 0 Å². The molecule has 2 heterocycles. The van der Waals surface area contributed by atoms with Gasteiger partial charge >= 0.3 is 0 Å². The second-order valence-corrected chi connectivity index (χ2v) is 3.02. The second kappa shape index (κ2) is 1.96. The third-order valence-electron chi connectivity index (χ3n) is 2.35. The third-order valence-corrected chi connectivity index (χ3v) is 2.35. The van der Waals surface area contributed by atoms with Crippen LogP contribution < -0.4 is 0 Å². The van der Waals surface area contributed by atoms with Crippen molar-refractivity contribution in [1.29, 1.82) is 0 Å². The summed E-state index contributed by atoms with van der Waals surface area (Å²) >= 11 is 0. The number of hydrogen-bond acceptors (Lipinski definition) is 2. The Bertz CT molecular complexity index is 113. The molecule has 9 heavy (non-hydrogen) atoms. The summed E-state index contributed by atoms with van der Waals surface area (Å²) in [5, 5.41) is 9.27. The van der Waals surface area contributed by atoms with Crippen LogP contribution in [0.4, 0.5) is 0 Å². The molecule has 3 atom stereocenters. The normalized spacial score (nSPS) is 49.7. The molecule has 52 valence electrons. The maximum absolute atomic E-state index is 9.27. The Morgan fingerprint density at radius 3 is 2.67 bits per heavy atom. The summed E-state index contributed by atoms with van der Waals surface area (Å²) in [6.07, 6.45) is 4.77. The van der Waals surface area contributed by atoms with Gasteiger partial charge in [-0.05, 0) is 25.7 Å². The summed E-state index contributed by atoms with van der Waals surface area (Å²) in [6.45, 7) is 0. The first kappa shape index (κ1) is 5.69. The van der Waals surface area contributed by atoms with Crippen molar-refractivity contribution in [2.45, 2.75) is 44.0 Å². The highest BCUT2D eigenvalue weighted by atomic mass is 16.5. The van der Waals surface area contributed by atoms with Crippen molar-refractivity contribution in [3.63, 3.8) is 0 Å². The average molecular weight is 128 g/mol. The van der Waals surface area contributed by atoms with Crippen LogP contribution in [-0.4, -0.2) is 23.4 Å². The monoisotopic (exact) mass is 128 g/mol. The molecule has 1 unspecified atom stereocenters. The van der Waals surface area contributed by atoms with Crippen LogP contribution in [0.25, 0.3) is 0 Å². The minimum Gasteiger partial charge on any atom is -0.390 e. The van der Waals surface area contributed by atoms with Gasteiger partial charge in [-0.15, -0.1) is 0 Å². The molecule has 0 spiro atoms. The van der Waals surface area contributed by atoms with E-state index in [-0.39, 0.29) is 12.2 Å². The van der Waals surface area contributed by atoms with Crippen LogP contribution in [-0.2, 0) is 4.74 Å². The van der Waals surface area contributed by atoms with Gasteiger partial charge in [-0.1, -0.05) is 0 Å². The summed E-state index contributed by atoms with van der Waals surface area (Å²) in [5.74, 6) is 0. The first-order valence-electron chi connectivity index (χ1n) is 3.70. The van der Waals surface area contributed by atoms with Gasteiger partial charge < -0.3 is 9.84 Å². The maximum atomic E-state index is 9.27. The molecule has 2 nitrogen and oxygen atoms in total. The third kappa shape index (κ3) is 0.864. The van der Waals surface area contributed by atoms with Gasteiger partial charge in [0.15, 0.2) is 0 Å². The molecule has 0 aromatic heterocycles. The van der Waals surface area contributed by atoms with Crippen molar-refractivity contribution in [3.8, 4) is 0 Å². The minimum atomic E-state index is -0.163. The van der Waals surface area contributed by atoms with Crippen LogP contribution in [0.1, 0.15) is 25.7 Å². The van der Waals surface area contributed by atoms with Crippen LogP contribution >= 0.6 is 0 Å². The summed E-state index contributed by atoms with van der Waals surface area (Å²) in [5.41, 5.74) is 0. The van der Waals surface area contributed by atoms with E-state index < -0.39 is 0 Å². The zero-order valence-electron chi connectivity index (χ0n) is 5.42. The molecule has 2 rings (SSSR count). The summed E-state index contributed by atoms with van der Waals surface area (Å²) < 4.78 is 5.46. The summed E-state index contributed by atoms with van der Waals surface area (Å²) in [6, 6.07) is 0. The van der Waals surface area contributed by atoms with E-state index in [0.717, 1.165) is 19.3 Å². The lowest BCUT2D eigenvalue weighted by molar-refractivity contribution is -0.0746. The number of aliphatic hydroxyl groups excluding tert-OH is 1. The molecule has 1 N–H and O–H groups in total. The minimum absolute atomic E-state index is 0.163. The number of hydrogen-bond donors (Lipinski definition) is 1. The van der Waals surface area contributed by atoms with Crippen LogP contribution in [0.2, 0.25) is 0 Å².